The second-order valence-electron chi connectivity index (χ2n) is 6.17. The topological polar surface area (TPSA) is 57.6 Å². The Morgan fingerprint density at radius 2 is 1.95 bits per heavy atom. The molecule has 1 aliphatic rings. The van der Waals surface area contributed by atoms with Crippen LogP contribution in [0.4, 0.5) is 0 Å². The highest BCUT2D eigenvalue weighted by Gasteiger charge is 2.41. The number of likely N-dealkylation sites (tertiary alicyclic amines) is 1. The maximum Gasteiger partial charge on any atom is 0.308 e. The highest BCUT2D eigenvalue weighted by Crippen LogP contribution is 2.38. The standard InChI is InChI=1S/C17H23NO3/c1-10(2)18-15(19)8-7-14(17(20)21)16(18)13-6-5-11(3)12(4)9-13/h5-6,9-10,14,16H,7-8H2,1-4H3,(H,20,21). The van der Waals surface area contributed by atoms with E-state index in [2.05, 4.69) is 0 Å². The van der Waals surface area contributed by atoms with Crippen LogP contribution in [0.1, 0.15) is 49.4 Å². The number of piperidine rings is 1. The average molecular weight is 289 g/mol. The summed E-state index contributed by atoms with van der Waals surface area (Å²) >= 11 is 0. The number of nitrogens with zero attached hydrogens (tertiary/aromatic N) is 1. The van der Waals surface area contributed by atoms with Gasteiger partial charge in [0.25, 0.3) is 0 Å². The van der Waals surface area contributed by atoms with Gasteiger partial charge in [-0.3, -0.25) is 9.59 Å². The molecule has 4 nitrogen and oxygen atoms in total. The van der Waals surface area contributed by atoms with Crippen LogP contribution in [0.5, 0.6) is 0 Å². The van der Waals surface area contributed by atoms with E-state index < -0.39 is 11.9 Å². The summed E-state index contributed by atoms with van der Waals surface area (Å²) in [6.45, 7) is 7.92. The Kier molecular flexibility index (Phi) is 4.35. The zero-order chi connectivity index (χ0) is 15.7. The fraction of sp³-hybridized carbons (Fsp3) is 0.529. The molecule has 0 radical (unpaired) electrons. The minimum absolute atomic E-state index is 0.00809. The molecule has 2 rings (SSSR count). The van der Waals surface area contributed by atoms with Crippen molar-refractivity contribution in [3.8, 4) is 0 Å². The molecule has 1 aromatic carbocycles. The number of aliphatic carboxylic acids is 1. The largest absolute Gasteiger partial charge is 0.481 e. The summed E-state index contributed by atoms with van der Waals surface area (Å²) in [5.41, 5.74) is 3.22. The summed E-state index contributed by atoms with van der Waals surface area (Å²) in [6.07, 6.45) is 0.728. The number of hydrogen-bond donors (Lipinski definition) is 1. The van der Waals surface area contributed by atoms with Gasteiger partial charge in [-0.1, -0.05) is 18.2 Å². The monoisotopic (exact) mass is 289 g/mol. The van der Waals surface area contributed by atoms with Gasteiger partial charge in [0.2, 0.25) is 5.91 Å². The first kappa shape index (κ1) is 15.5. The third-order valence-corrected chi connectivity index (χ3v) is 4.38. The molecule has 0 saturated carbocycles. The summed E-state index contributed by atoms with van der Waals surface area (Å²) < 4.78 is 0. The van der Waals surface area contributed by atoms with E-state index in [9.17, 15) is 14.7 Å². The summed E-state index contributed by atoms with van der Waals surface area (Å²) in [5.74, 6) is -1.31. The van der Waals surface area contributed by atoms with Gasteiger partial charge in [-0.25, -0.2) is 0 Å². The summed E-state index contributed by atoms with van der Waals surface area (Å²) in [4.78, 5) is 25.6. The van der Waals surface area contributed by atoms with Crippen LogP contribution < -0.4 is 0 Å². The Labute approximate surface area is 125 Å². The van der Waals surface area contributed by atoms with E-state index in [0.29, 0.717) is 12.8 Å². The predicted molar refractivity (Wildman–Crippen MR) is 81.0 cm³/mol. The van der Waals surface area contributed by atoms with E-state index >= 15 is 0 Å². The number of aryl methyl sites for hydroxylation is 2. The van der Waals surface area contributed by atoms with E-state index in [1.54, 1.807) is 4.90 Å². The lowest BCUT2D eigenvalue weighted by atomic mass is 9.82. The number of hydrogen-bond acceptors (Lipinski definition) is 2. The van der Waals surface area contributed by atoms with Crippen molar-refractivity contribution >= 4 is 11.9 Å². The van der Waals surface area contributed by atoms with Crippen molar-refractivity contribution in [1.29, 1.82) is 0 Å². The Bertz CT molecular complexity index is 565. The lowest BCUT2D eigenvalue weighted by Crippen LogP contribution is -2.48. The number of amides is 1. The molecule has 2 atom stereocenters. The van der Waals surface area contributed by atoms with Gasteiger partial charge in [0.05, 0.1) is 12.0 Å². The molecule has 1 aliphatic heterocycles. The Morgan fingerprint density at radius 3 is 2.48 bits per heavy atom. The molecule has 1 aromatic rings. The molecule has 1 N–H and O–H groups in total. The van der Waals surface area contributed by atoms with Crippen LogP contribution in [0.15, 0.2) is 18.2 Å². The zero-order valence-electron chi connectivity index (χ0n) is 13.1. The van der Waals surface area contributed by atoms with Gasteiger partial charge in [-0.15, -0.1) is 0 Å². The van der Waals surface area contributed by atoms with E-state index in [0.717, 1.165) is 11.1 Å². The SMILES string of the molecule is Cc1ccc(C2C(C(=O)O)CCC(=O)N2C(C)C)cc1C. The van der Waals surface area contributed by atoms with Gasteiger partial charge in [-0.2, -0.15) is 0 Å². The predicted octanol–water partition coefficient (Wildman–Crippen LogP) is 3.08. The lowest BCUT2D eigenvalue weighted by Gasteiger charge is -2.42. The molecule has 0 aliphatic carbocycles. The van der Waals surface area contributed by atoms with E-state index in [4.69, 9.17) is 0 Å². The fourth-order valence-electron chi connectivity index (χ4n) is 3.12. The summed E-state index contributed by atoms with van der Waals surface area (Å²) in [7, 11) is 0. The average Bonchev–Trinajstić information content (AvgIpc) is 2.40. The quantitative estimate of drug-likeness (QED) is 0.930. The molecule has 0 aromatic heterocycles. The molecule has 1 fully saturated rings. The molecule has 0 bridgehead atoms. The van der Waals surface area contributed by atoms with Crippen LogP contribution in [0, 0.1) is 19.8 Å². The normalized spacial score (nSPS) is 22.7. The molecule has 21 heavy (non-hydrogen) atoms. The van der Waals surface area contributed by atoms with Crippen LogP contribution in [-0.4, -0.2) is 27.9 Å². The number of benzene rings is 1. The number of carboxylic acid groups (broad SMARTS) is 1. The third kappa shape index (κ3) is 2.94. The molecule has 1 heterocycles. The van der Waals surface area contributed by atoms with Gasteiger partial charge < -0.3 is 10.0 Å². The summed E-state index contributed by atoms with van der Waals surface area (Å²) in [6, 6.07) is 5.59. The molecule has 114 valence electrons. The minimum Gasteiger partial charge on any atom is -0.481 e. The second-order valence-corrected chi connectivity index (χ2v) is 6.17. The van der Waals surface area contributed by atoms with Crippen LogP contribution in [0.2, 0.25) is 0 Å². The zero-order valence-corrected chi connectivity index (χ0v) is 13.1. The smallest absolute Gasteiger partial charge is 0.308 e. The molecule has 4 heteroatoms. The maximum absolute atomic E-state index is 12.3. The maximum atomic E-state index is 12.3. The van der Waals surface area contributed by atoms with Gasteiger partial charge in [0, 0.05) is 12.5 Å². The Hall–Kier alpha value is -1.84. The molecule has 0 spiro atoms. The van der Waals surface area contributed by atoms with Crippen LogP contribution in [-0.2, 0) is 9.59 Å². The number of carbonyl (C=O) groups is 2. The Balaban J connectivity index is 2.51. The minimum atomic E-state index is -0.823. The number of carbonyl (C=O) groups excluding carboxylic acids is 1. The Morgan fingerprint density at radius 1 is 1.29 bits per heavy atom. The van der Waals surface area contributed by atoms with Gasteiger partial charge in [0.15, 0.2) is 0 Å². The first-order chi connectivity index (χ1) is 9.82. The van der Waals surface area contributed by atoms with E-state index in [-0.39, 0.29) is 18.0 Å². The van der Waals surface area contributed by atoms with Crippen LogP contribution >= 0.6 is 0 Å². The number of carboxylic acids is 1. The third-order valence-electron chi connectivity index (χ3n) is 4.38. The molecular formula is C17H23NO3. The van der Waals surface area contributed by atoms with Crippen molar-refractivity contribution in [2.75, 3.05) is 0 Å². The van der Waals surface area contributed by atoms with Crippen molar-refractivity contribution in [1.82, 2.24) is 4.90 Å². The van der Waals surface area contributed by atoms with E-state index in [1.165, 1.54) is 5.56 Å². The summed E-state index contributed by atoms with van der Waals surface area (Å²) in [5, 5.41) is 9.54. The first-order valence-corrected chi connectivity index (χ1v) is 7.44. The molecule has 1 saturated heterocycles. The van der Waals surface area contributed by atoms with E-state index in [1.807, 2.05) is 45.9 Å². The van der Waals surface area contributed by atoms with Crippen molar-refractivity contribution in [3.63, 3.8) is 0 Å². The number of rotatable bonds is 3. The van der Waals surface area contributed by atoms with Crippen molar-refractivity contribution in [3.05, 3.63) is 34.9 Å². The van der Waals surface area contributed by atoms with Crippen LogP contribution in [0.25, 0.3) is 0 Å². The van der Waals surface area contributed by atoms with Crippen molar-refractivity contribution in [2.24, 2.45) is 5.92 Å². The first-order valence-electron chi connectivity index (χ1n) is 7.44. The van der Waals surface area contributed by atoms with Crippen molar-refractivity contribution < 1.29 is 14.7 Å². The van der Waals surface area contributed by atoms with Gasteiger partial charge in [-0.05, 0) is 50.8 Å². The molecular weight excluding hydrogens is 266 g/mol. The van der Waals surface area contributed by atoms with Crippen molar-refractivity contribution in [2.45, 2.75) is 52.6 Å². The second kappa shape index (κ2) is 5.88. The van der Waals surface area contributed by atoms with Crippen LogP contribution in [0.3, 0.4) is 0 Å². The fourth-order valence-corrected chi connectivity index (χ4v) is 3.12. The van der Waals surface area contributed by atoms with Gasteiger partial charge in [0.1, 0.15) is 0 Å². The highest BCUT2D eigenvalue weighted by atomic mass is 16.4. The molecule has 2 unspecified atom stereocenters. The molecule has 1 amide bonds. The van der Waals surface area contributed by atoms with Gasteiger partial charge >= 0.3 is 5.97 Å². The lowest BCUT2D eigenvalue weighted by molar-refractivity contribution is -0.153. The highest BCUT2D eigenvalue weighted by molar-refractivity contribution is 5.82.